The summed E-state index contributed by atoms with van der Waals surface area (Å²) in [7, 11) is 0. The Balaban J connectivity index is -0.000000114. The molecule has 0 unspecified atom stereocenters. The zero-order chi connectivity index (χ0) is 8.57. The quantitative estimate of drug-likeness (QED) is 0.391. The van der Waals surface area contributed by atoms with Crippen molar-refractivity contribution in [3.05, 3.63) is 0 Å². The zero-order valence-corrected chi connectivity index (χ0v) is 8.00. The van der Waals surface area contributed by atoms with E-state index in [1.54, 1.807) is 6.92 Å². The third-order valence-corrected chi connectivity index (χ3v) is 0.348. The van der Waals surface area contributed by atoms with Gasteiger partial charge in [-0.1, -0.05) is 34.8 Å². The molecule has 0 radical (unpaired) electrons. The summed E-state index contributed by atoms with van der Waals surface area (Å²) in [5, 5.41) is 0. The number of rotatable bonds is 1. The van der Waals surface area contributed by atoms with Gasteiger partial charge < -0.3 is 4.74 Å². The van der Waals surface area contributed by atoms with Crippen LogP contribution in [0.4, 0.5) is 0 Å². The number of halogens is 3. The fraction of sp³-hybridized carbons (Fsp3) is 0.800. The molecule has 0 aliphatic rings. The minimum atomic E-state index is -0.750. The van der Waals surface area contributed by atoms with Crippen LogP contribution in [0.2, 0.25) is 0 Å². The summed E-state index contributed by atoms with van der Waals surface area (Å²) in [6.45, 7) is 3.65. The Kier molecular flexibility index (Phi) is 23.0. The van der Waals surface area contributed by atoms with Crippen molar-refractivity contribution in [1.82, 2.24) is 0 Å². The first-order valence-electron chi connectivity index (χ1n) is 2.56. The number of hydrogen-bond donors (Lipinski definition) is 0. The number of alkyl halides is 3. The van der Waals surface area contributed by atoms with Crippen molar-refractivity contribution >= 4 is 70.3 Å². The molecule has 6 heteroatoms. The Bertz CT molecular complexity index is 87.0. The van der Waals surface area contributed by atoms with E-state index in [2.05, 4.69) is 4.74 Å². The van der Waals surface area contributed by atoms with Crippen molar-refractivity contribution < 1.29 is 9.53 Å². The molecule has 0 spiro atoms. The number of carbonyl (C=O) groups excluding carboxylic acids is 1. The van der Waals surface area contributed by atoms with Gasteiger partial charge in [0.05, 0.1) is 6.61 Å². The van der Waals surface area contributed by atoms with Crippen LogP contribution in [-0.4, -0.2) is 46.4 Å². The van der Waals surface area contributed by atoms with E-state index in [0.717, 1.165) is 0 Å². The van der Waals surface area contributed by atoms with E-state index >= 15 is 0 Å². The fourth-order valence-corrected chi connectivity index (χ4v) is 0.203. The van der Waals surface area contributed by atoms with Gasteiger partial charge in [0.2, 0.25) is 0 Å². The summed E-state index contributed by atoms with van der Waals surface area (Å²) in [5.74, 6) is -0.211. The van der Waals surface area contributed by atoms with Crippen LogP contribution in [0.1, 0.15) is 13.8 Å². The maximum atomic E-state index is 9.82. The molecule has 0 aliphatic carbocycles. The first kappa shape index (κ1) is 18.2. The Morgan fingerprint density at radius 2 is 1.73 bits per heavy atom. The van der Waals surface area contributed by atoms with Crippen molar-refractivity contribution in [2.24, 2.45) is 0 Å². The van der Waals surface area contributed by atoms with Gasteiger partial charge in [-0.3, -0.25) is 4.79 Å². The average molecular weight is 231 g/mol. The molecule has 0 aromatic rings. The molecule has 0 saturated carbocycles. The molecule has 0 heterocycles. The molecular formula is C5H10Cl3NaO2. The molecule has 11 heavy (non-hydrogen) atoms. The van der Waals surface area contributed by atoms with Gasteiger partial charge >= 0.3 is 35.5 Å². The van der Waals surface area contributed by atoms with E-state index in [0.29, 0.717) is 6.61 Å². The minimum absolute atomic E-state index is 0. The van der Waals surface area contributed by atoms with E-state index in [1.165, 1.54) is 6.92 Å². The molecule has 0 aliphatic heterocycles. The molecule has 0 saturated heterocycles. The van der Waals surface area contributed by atoms with Crippen LogP contribution >= 0.6 is 34.8 Å². The van der Waals surface area contributed by atoms with Crippen LogP contribution in [-0.2, 0) is 9.53 Å². The molecule has 0 fully saturated rings. The molecular weight excluding hydrogens is 221 g/mol. The second kappa shape index (κ2) is 13.9. The van der Waals surface area contributed by atoms with Gasteiger partial charge in [-0.25, -0.2) is 0 Å². The van der Waals surface area contributed by atoms with Gasteiger partial charge in [-0.05, 0) is 6.92 Å². The van der Waals surface area contributed by atoms with Gasteiger partial charge in [0.25, 0.3) is 0 Å². The van der Waals surface area contributed by atoms with Crippen molar-refractivity contribution in [3.8, 4) is 0 Å². The maximum absolute atomic E-state index is 9.82. The molecule has 0 bridgehead atoms. The second-order valence-electron chi connectivity index (χ2n) is 1.17. The Morgan fingerprint density at radius 1 is 1.45 bits per heavy atom. The van der Waals surface area contributed by atoms with E-state index in [1.807, 2.05) is 0 Å². The SMILES string of the molecule is CCOC(C)=O.ClC(Cl)Cl.[NaH]. The zero-order valence-electron chi connectivity index (χ0n) is 5.73. The summed E-state index contributed by atoms with van der Waals surface area (Å²) in [4.78, 5) is 9.82. The number of hydrogen-bond acceptors (Lipinski definition) is 2. The molecule has 0 N–H and O–H groups in total. The van der Waals surface area contributed by atoms with E-state index in [9.17, 15) is 4.79 Å². The molecule has 0 amide bonds. The van der Waals surface area contributed by atoms with Gasteiger partial charge in [-0.2, -0.15) is 0 Å². The molecule has 0 rings (SSSR count). The van der Waals surface area contributed by atoms with E-state index in [-0.39, 0.29) is 35.5 Å². The average Bonchev–Trinajstić information content (AvgIpc) is 1.62. The predicted octanol–water partition coefficient (Wildman–Crippen LogP) is 1.91. The summed E-state index contributed by atoms with van der Waals surface area (Å²) in [6, 6.07) is 0. The van der Waals surface area contributed by atoms with Crippen LogP contribution in [0.25, 0.3) is 0 Å². The van der Waals surface area contributed by atoms with E-state index < -0.39 is 4.30 Å². The Morgan fingerprint density at radius 3 is 1.73 bits per heavy atom. The topological polar surface area (TPSA) is 26.3 Å². The van der Waals surface area contributed by atoms with Crippen LogP contribution in [0.15, 0.2) is 0 Å². The number of ether oxygens (including phenoxy) is 1. The van der Waals surface area contributed by atoms with E-state index in [4.69, 9.17) is 34.8 Å². The first-order valence-corrected chi connectivity index (χ1v) is 3.87. The molecule has 0 atom stereocenters. The fourth-order valence-electron chi connectivity index (χ4n) is 0.203. The molecule has 0 aromatic carbocycles. The monoisotopic (exact) mass is 230 g/mol. The van der Waals surface area contributed by atoms with Crippen LogP contribution in [0, 0.1) is 0 Å². The summed E-state index contributed by atoms with van der Waals surface area (Å²) >= 11 is 14.4. The van der Waals surface area contributed by atoms with Gasteiger partial charge in [0.1, 0.15) is 0 Å². The van der Waals surface area contributed by atoms with Gasteiger partial charge in [-0.15, -0.1) is 0 Å². The number of carbonyl (C=O) groups is 1. The van der Waals surface area contributed by atoms with Gasteiger partial charge in [0, 0.05) is 6.92 Å². The van der Waals surface area contributed by atoms with Crippen molar-refractivity contribution in [2.75, 3.05) is 6.61 Å². The van der Waals surface area contributed by atoms with Crippen LogP contribution in [0.3, 0.4) is 0 Å². The summed E-state index contributed by atoms with van der Waals surface area (Å²) in [6.07, 6.45) is 0. The summed E-state index contributed by atoms with van der Waals surface area (Å²) < 4.78 is 3.65. The van der Waals surface area contributed by atoms with Crippen LogP contribution in [0.5, 0.6) is 0 Å². The van der Waals surface area contributed by atoms with Crippen molar-refractivity contribution in [2.45, 2.75) is 18.1 Å². The number of esters is 1. The first-order chi connectivity index (χ1) is 4.50. The predicted molar refractivity (Wildman–Crippen MR) is 50.8 cm³/mol. The third kappa shape index (κ3) is 52.5. The second-order valence-corrected chi connectivity index (χ2v) is 3.15. The Hall–Kier alpha value is 1.34. The summed E-state index contributed by atoms with van der Waals surface area (Å²) in [5.41, 5.74) is 0. The third-order valence-electron chi connectivity index (χ3n) is 0.348. The molecule has 0 aromatic heterocycles. The standard InChI is InChI=1S/C4H8O2.CHCl3.Na.H/c1-3-6-4(2)5;2-1(3)4;;/h3H2,1-2H3;1H;;. The normalized spacial score (nSPS) is 7.45. The Labute approximate surface area is 104 Å². The van der Waals surface area contributed by atoms with Crippen molar-refractivity contribution in [1.29, 1.82) is 0 Å². The molecule has 2 nitrogen and oxygen atoms in total. The van der Waals surface area contributed by atoms with Gasteiger partial charge in [0.15, 0.2) is 4.30 Å². The van der Waals surface area contributed by atoms with Crippen LogP contribution < -0.4 is 0 Å². The van der Waals surface area contributed by atoms with Crippen molar-refractivity contribution in [3.63, 3.8) is 0 Å². The molecule has 64 valence electrons.